The van der Waals surface area contributed by atoms with Crippen molar-refractivity contribution in [2.45, 2.75) is 39.2 Å². The van der Waals surface area contributed by atoms with Crippen LogP contribution in [-0.2, 0) is 4.79 Å². The molecule has 3 nitrogen and oxygen atoms in total. The summed E-state index contributed by atoms with van der Waals surface area (Å²) in [4.78, 5) is 12.9. The predicted octanol–water partition coefficient (Wildman–Crippen LogP) is 2.38. The molecule has 0 bridgehead atoms. The van der Waals surface area contributed by atoms with Crippen LogP contribution in [0.15, 0.2) is 12.7 Å². The van der Waals surface area contributed by atoms with Crippen molar-refractivity contribution >= 4 is 5.97 Å². The van der Waals surface area contributed by atoms with E-state index in [0.717, 1.165) is 0 Å². The van der Waals surface area contributed by atoms with Crippen LogP contribution < -0.4 is 0 Å². The van der Waals surface area contributed by atoms with Crippen LogP contribution in [0.1, 0.15) is 33.1 Å². The summed E-state index contributed by atoms with van der Waals surface area (Å²) in [5.74, 6) is 0.429. The maximum Gasteiger partial charge on any atom is 0.317 e. The van der Waals surface area contributed by atoms with Gasteiger partial charge in [-0.05, 0) is 24.7 Å². The van der Waals surface area contributed by atoms with Crippen LogP contribution >= 0.6 is 0 Å². The number of nitrogens with zero attached hydrogens (tertiary/aromatic N) is 1. The van der Waals surface area contributed by atoms with Gasteiger partial charge in [0.25, 0.3) is 0 Å². The quantitative estimate of drug-likeness (QED) is 0.730. The third-order valence-corrected chi connectivity index (χ3v) is 3.61. The van der Waals surface area contributed by atoms with E-state index in [4.69, 9.17) is 5.11 Å². The number of carboxylic acids is 1. The van der Waals surface area contributed by atoms with Crippen LogP contribution in [0.25, 0.3) is 0 Å². The second kappa shape index (κ2) is 6.04. The molecule has 92 valence electrons. The summed E-state index contributed by atoms with van der Waals surface area (Å²) in [6.45, 7) is 8.99. The summed E-state index contributed by atoms with van der Waals surface area (Å²) in [6.07, 6.45) is 5.50. The SMILES string of the molecule is C=CCN(CC(=O)O)C1C(C)CCCC1C. The summed E-state index contributed by atoms with van der Waals surface area (Å²) in [6, 6.07) is 0.392. The summed E-state index contributed by atoms with van der Waals surface area (Å²) >= 11 is 0. The fourth-order valence-corrected chi connectivity index (χ4v) is 3.02. The normalized spacial score (nSPS) is 30.3. The Morgan fingerprint density at radius 2 is 2.00 bits per heavy atom. The molecule has 1 aliphatic carbocycles. The van der Waals surface area contributed by atoms with Gasteiger partial charge in [-0.25, -0.2) is 0 Å². The van der Waals surface area contributed by atoms with E-state index in [-0.39, 0.29) is 6.54 Å². The molecule has 1 fully saturated rings. The van der Waals surface area contributed by atoms with E-state index in [1.807, 2.05) is 0 Å². The standard InChI is InChI=1S/C13H23NO2/c1-4-8-14(9-12(15)16)13-10(2)6-5-7-11(13)3/h4,10-11,13H,1,5-9H2,2-3H3,(H,15,16). The topological polar surface area (TPSA) is 40.5 Å². The van der Waals surface area contributed by atoms with Gasteiger partial charge in [-0.2, -0.15) is 0 Å². The summed E-state index contributed by atoms with van der Waals surface area (Å²) in [7, 11) is 0. The smallest absolute Gasteiger partial charge is 0.317 e. The predicted molar refractivity (Wildman–Crippen MR) is 65.4 cm³/mol. The Labute approximate surface area is 98.1 Å². The molecule has 0 spiro atoms. The van der Waals surface area contributed by atoms with E-state index < -0.39 is 5.97 Å². The fourth-order valence-electron chi connectivity index (χ4n) is 3.02. The third kappa shape index (κ3) is 3.34. The van der Waals surface area contributed by atoms with Gasteiger partial charge in [-0.1, -0.05) is 26.3 Å². The van der Waals surface area contributed by atoms with Crippen molar-refractivity contribution < 1.29 is 9.90 Å². The first-order valence-corrected chi connectivity index (χ1v) is 6.13. The molecule has 2 atom stereocenters. The number of rotatable bonds is 5. The highest BCUT2D eigenvalue weighted by molar-refractivity contribution is 5.69. The van der Waals surface area contributed by atoms with Crippen molar-refractivity contribution in [3.05, 3.63) is 12.7 Å². The van der Waals surface area contributed by atoms with Gasteiger partial charge in [0.2, 0.25) is 0 Å². The fraction of sp³-hybridized carbons (Fsp3) is 0.769. The van der Waals surface area contributed by atoms with Crippen LogP contribution in [0.2, 0.25) is 0 Å². The zero-order valence-electron chi connectivity index (χ0n) is 10.4. The van der Waals surface area contributed by atoms with Crippen LogP contribution in [0, 0.1) is 11.8 Å². The zero-order valence-corrected chi connectivity index (χ0v) is 10.4. The van der Waals surface area contributed by atoms with Gasteiger partial charge in [-0.15, -0.1) is 6.58 Å². The van der Waals surface area contributed by atoms with E-state index in [0.29, 0.717) is 24.4 Å². The first-order valence-electron chi connectivity index (χ1n) is 6.13. The van der Waals surface area contributed by atoms with Crippen molar-refractivity contribution in [1.29, 1.82) is 0 Å². The number of carboxylic acid groups (broad SMARTS) is 1. The Morgan fingerprint density at radius 3 is 2.44 bits per heavy atom. The molecule has 1 N–H and O–H groups in total. The van der Waals surface area contributed by atoms with Crippen molar-refractivity contribution in [3.8, 4) is 0 Å². The van der Waals surface area contributed by atoms with Crippen LogP contribution in [0.5, 0.6) is 0 Å². The number of hydrogen-bond donors (Lipinski definition) is 1. The Morgan fingerprint density at radius 1 is 1.44 bits per heavy atom. The van der Waals surface area contributed by atoms with Gasteiger partial charge in [0, 0.05) is 12.6 Å². The molecular weight excluding hydrogens is 202 g/mol. The highest BCUT2D eigenvalue weighted by Crippen LogP contribution is 2.32. The largest absolute Gasteiger partial charge is 0.480 e. The van der Waals surface area contributed by atoms with Gasteiger partial charge in [0.05, 0.1) is 6.54 Å². The molecule has 0 amide bonds. The van der Waals surface area contributed by atoms with Crippen LogP contribution in [0.3, 0.4) is 0 Å². The van der Waals surface area contributed by atoms with Crippen molar-refractivity contribution in [3.63, 3.8) is 0 Å². The van der Waals surface area contributed by atoms with Gasteiger partial charge in [-0.3, -0.25) is 9.69 Å². The Hall–Kier alpha value is -0.830. The van der Waals surface area contributed by atoms with Crippen molar-refractivity contribution in [2.24, 2.45) is 11.8 Å². The Bertz CT molecular complexity index is 242. The average molecular weight is 225 g/mol. The molecule has 3 heteroatoms. The zero-order chi connectivity index (χ0) is 12.1. The maximum atomic E-state index is 10.9. The molecule has 0 heterocycles. The molecule has 16 heavy (non-hydrogen) atoms. The molecule has 1 aliphatic rings. The lowest BCUT2D eigenvalue weighted by Crippen LogP contribution is -2.48. The maximum absolute atomic E-state index is 10.9. The lowest BCUT2D eigenvalue weighted by Gasteiger charge is -2.41. The Kier molecular flexibility index (Phi) is 5.00. The first kappa shape index (κ1) is 13.2. The highest BCUT2D eigenvalue weighted by Gasteiger charge is 2.32. The van der Waals surface area contributed by atoms with Crippen molar-refractivity contribution in [1.82, 2.24) is 4.90 Å². The van der Waals surface area contributed by atoms with E-state index in [2.05, 4.69) is 25.3 Å². The minimum Gasteiger partial charge on any atom is -0.480 e. The molecule has 0 aliphatic heterocycles. The molecule has 1 rings (SSSR count). The minimum absolute atomic E-state index is 0.130. The Balaban J connectivity index is 2.72. The van der Waals surface area contributed by atoms with Crippen molar-refractivity contribution in [2.75, 3.05) is 13.1 Å². The number of aliphatic carboxylic acids is 1. The molecular formula is C13H23NO2. The highest BCUT2D eigenvalue weighted by atomic mass is 16.4. The molecule has 0 aromatic carbocycles. The van der Waals surface area contributed by atoms with E-state index >= 15 is 0 Å². The number of hydrogen-bond acceptors (Lipinski definition) is 2. The summed E-state index contributed by atoms with van der Waals surface area (Å²) in [5.41, 5.74) is 0. The molecule has 1 saturated carbocycles. The lowest BCUT2D eigenvalue weighted by atomic mass is 9.78. The molecule has 0 aromatic rings. The van der Waals surface area contributed by atoms with Crippen LogP contribution in [0.4, 0.5) is 0 Å². The molecule has 2 unspecified atom stereocenters. The van der Waals surface area contributed by atoms with Gasteiger partial charge in [0.15, 0.2) is 0 Å². The van der Waals surface area contributed by atoms with E-state index in [9.17, 15) is 4.79 Å². The summed E-state index contributed by atoms with van der Waals surface area (Å²) < 4.78 is 0. The first-order chi connectivity index (χ1) is 7.56. The lowest BCUT2D eigenvalue weighted by molar-refractivity contribution is -0.139. The average Bonchev–Trinajstić information content (AvgIpc) is 2.16. The van der Waals surface area contributed by atoms with Gasteiger partial charge < -0.3 is 5.11 Å². The van der Waals surface area contributed by atoms with Gasteiger partial charge >= 0.3 is 5.97 Å². The molecule has 0 aromatic heterocycles. The minimum atomic E-state index is -0.744. The van der Waals surface area contributed by atoms with E-state index in [1.165, 1.54) is 19.3 Å². The van der Waals surface area contributed by atoms with E-state index in [1.54, 1.807) is 6.08 Å². The summed E-state index contributed by atoms with van der Waals surface area (Å²) in [5, 5.41) is 8.94. The number of carbonyl (C=O) groups is 1. The van der Waals surface area contributed by atoms with Gasteiger partial charge in [0.1, 0.15) is 0 Å². The molecule has 0 radical (unpaired) electrons. The van der Waals surface area contributed by atoms with Crippen LogP contribution in [-0.4, -0.2) is 35.1 Å². The second-order valence-corrected chi connectivity index (χ2v) is 4.99. The molecule has 0 saturated heterocycles. The monoisotopic (exact) mass is 225 g/mol. The second-order valence-electron chi connectivity index (χ2n) is 4.99. The third-order valence-electron chi connectivity index (χ3n) is 3.61.